The first-order valence-electron chi connectivity index (χ1n) is 5.20. The van der Waals surface area contributed by atoms with E-state index >= 15 is 0 Å². The van der Waals surface area contributed by atoms with Crippen LogP contribution in [0.25, 0.3) is 0 Å². The van der Waals surface area contributed by atoms with E-state index in [0.717, 1.165) is 10.6 Å². The molecule has 92 valence electrons. The fraction of sp³-hybridized carbons (Fsp3) is 0.0769. The number of pyridine rings is 1. The highest BCUT2D eigenvalue weighted by atomic mass is 35.5. The van der Waals surface area contributed by atoms with Crippen LogP contribution >= 0.6 is 23.4 Å². The van der Waals surface area contributed by atoms with Crippen molar-refractivity contribution in [3.05, 3.63) is 52.8 Å². The van der Waals surface area contributed by atoms with Gasteiger partial charge >= 0.3 is 5.97 Å². The fourth-order valence-corrected chi connectivity index (χ4v) is 2.71. The van der Waals surface area contributed by atoms with Gasteiger partial charge in [0.1, 0.15) is 0 Å². The van der Waals surface area contributed by atoms with Gasteiger partial charge in [-0.2, -0.15) is 0 Å². The van der Waals surface area contributed by atoms with Crippen molar-refractivity contribution in [1.82, 2.24) is 4.98 Å². The Balaban J connectivity index is 2.42. The van der Waals surface area contributed by atoms with Crippen molar-refractivity contribution >= 4 is 29.3 Å². The van der Waals surface area contributed by atoms with Crippen LogP contribution in [-0.4, -0.2) is 16.1 Å². The average Bonchev–Trinajstić information content (AvgIpc) is 2.32. The highest BCUT2D eigenvalue weighted by molar-refractivity contribution is 7.99. The lowest BCUT2D eigenvalue weighted by atomic mass is 10.2. The van der Waals surface area contributed by atoms with Crippen molar-refractivity contribution in [2.75, 3.05) is 0 Å². The van der Waals surface area contributed by atoms with E-state index in [9.17, 15) is 4.79 Å². The first-order valence-corrected chi connectivity index (χ1v) is 6.39. The van der Waals surface area contributed by atoms with E-state index in [-0.39, 0.29) is 5.56 Å². The number of halogens is 1. The minimum atomic E-state index is -0.989. The van der Waals surface area contributed by atoms with Crippen molar-refractivity contribution in [2.45, 2.75) is 16.7 Å². The van der Waals surface area contributed by atoms with Gasteiger partial charge in [0.2, 0.25) is 0 Å². The van der Waals surface area contributed by atoms with E-state index in [1.54, 1.807) is 12.1 Å². The molecular formula is C13H10ClNO2S. The Morgan fingerprint density at radius 3 is 2.72 bits per heavy atom. The van der Waals surface area contributed by atoms with Crippen LogP contribution < -0.4 is 0 Å². The molecule has 0 unspecified atom stereocenters. The Kier molecular flexibility index (Phi) is 3.89. The maximum absolute atomic E-state index is 11.1. The molecule has 0 amide bonds. The lowest BCUT2D eigenvalue weighted by Crippen LogP contribution is -2.00. The molecule has 1 aromatic heterocycles. The molecule has 0 spiro atoms. The van der Waals surface area contributed by atoms with E-state index < -0.39 is 5.97 Å². The number of carboxylic acid groups (broad SMARTS) is 1. The standard InChI is InChI=1S/C13H10ClNO2S/c1-8-6-12(9(7-15-8)13(16)17)18-11-5-3-2-4-10(11)14/h2-7H,1H3,(H,16,17). The summed E-state index contributed by atoms with van der Waals surface area (Å²) >= 11 is 7.39. The lowest BCUT2D eigenvalue weighted by molar-refractivity contribution is 0.0692. The summed E-state index contributed by atoms with van der Waals surface area (Å²) in [5, 5.41) is 9.72. The van der Waals surface area contributed by atoms with Crippen LogP contribution in [0.15, 0.2) is 46.3 Å². The Bertz CT molecular complexity index is 601. The molecule has 3 nitrogen and oxygen atoms in total. The topological polar surface area (TPSA) is 50.2 Å². The maximum Gasteiger partial charge on any atom is 0.338 e. The van der Waals surface area contributed by atoms with E-state index in [1.807, 2.05) is 25.1 Å². The van der Waals surface area contributed by atoms with Crippen molar-refractivity contribution in [3.8, 4) is 0 Å². The molecule has 0 aliphatic rings. The number of aryl methyl sites for hydroxylation is 1. The van der Waals surface area contributed by atoms with E-state index in [1.165, 1.54) is 18.0 Å². The summed E-state index contributed by atoms with van der Waals surface area (Å²) in [5.74, 6) is -0.989. The number of benzene rings is 1. The predicted molar refractivity (Wildman–Crippen MR) is 71.5 cm³/mol. The van der Waals surface area contributed by atoms with Crippen molar-refractivity contribution in [1.29, 1.82) is 0 Å². The first kappa shape index (κ1) is 12.9. The summed E-state index contributed by atoms with van der Waals surface area (Å²) in [5.41, 5.74) is 0.958. The second-order valence-electron chi connectivity index (χ2n) is 3.66. The number of aromatic carboxylic acids is 1. The summed E-state index contributed by atoms with van der Waals surface area (Å²) in [6.45, 7) is 1.82. The molecule has 0 atom stereocenters. The van der Waals surface area contributed by atoms with Gasteiger partial charge in [0.25, 0.3) is 0 Å². The number of hydrogen-bond acceptors (Lipinski definition) is 3. The van der Waals surface area contributed by atoms with Crippen molar-refractivity contribution in [2.24, 2.45) is 0 Å². The Labute approximate surface area is 114 Å². The van der Waals surface area contributed by atoms with Crippen LogP contribution in [-0.2, 0) is 0 Å². The molecule has 1 aromatic carbocycles. The number of nitrogens with zero attached hydrogens (tertiary/aromatic N) is 1. The number of aromatic nitrogens is 1. The van der Waals surface area contributed by atoms with Gasteiger partial charge in [0, 0.05) is 21.7 Å². The third kappa shape index (κ3) is 2.83. The lowest BCUT2D eigenvalue weighted by Gasteiger charge is -2.07. The molecule has 5 heteroatoms. The molecule has 0 saturated heterocycles. The van der Waals surface area contributed by atoms with Gasteiger partial charge in [-0.3, -0.25) is 4.98 Å². The van der Waals surface area contributed by atoms with E-state index in [0.29, 0.717) is 9.92 Å². The van der Waals surface area contributed by atoms with Gasteiger partial charge in [-0.15, -0.1) is 0 Å². The Hall–Kier alpha value is -1.52. The highest BCUT2D eigenvalue weighted by Gasteiger charge is 2.13. The molecule has 2 rings (SSSR count). The SMILES string of the molecule is Cc1cc(Sc2ccccc2Cl)c(C(=O)O)cn1. The van der Waals surface area contributed by atoms with E-state index in [4.69, 9.17) is 16.7 Å². The molecule has 0 aliphatic heterocycles. The third-order valence-electron chi connectivity index (χ3n) is 2.29. The molecule has 0 saturated carbocycles. The summed E-state index contributed by atoms with van der Waals surface area (Å²) in [6, 6.07) is 9.08. The molecule has 1 heterocycles. The fourth-order valence-electron chi connectivity index (χ4n) is 1.43. The third-order valence-corrected chi connectivity index (χ3v) is 3.86. The normalized spacial score (nSPS) is 10.3. The minimum absolute atomic E-state index is 0.186. The van der Waals surface area contributed by atoms with Crippen molar-refractivity contribution in [3.63, 3.8) is 0 Å². The van der Waals surface area contributed by atoms with Crippen LogP contribution in [0.4, 0.5) is 0 Å². The maximum atomic E-state index is 11.1. The zero-order chi connectivity index (χ0) is 13.1. The van der Waals surface area contributed by atoms with Crippen LogP contribution in [0.2, 0.25) is 5.02 Å². The van der Waals surface area contributed by atoms with Crippen molar-refractivity contribution < 1.29 is 9.90 Å². The van der Waals surface area contributed by atoms with Gasteiger partial charge in [0.05, 0.1) is 10.6 Å². The summed E-state index contributed by atoms with van der Waals surface area (Å²) in [4.78, 5) is 16.6. The number of rotatable bonds is 3. The van der Waals surface area contributed by atoms with Gasteiger partial charge < -0.3 is 5.11 Å². The molecule has 1 N–H and O–H groups in total. The second-order valence-corrected chi connectivity index (χ2v) is 5.15. The van der Waals surface area contributed by atoms with Gasteiger partial charge in [0.15, 0.2) is 0 Å². The monoisotopic (exact) mass is 279 g/mol. The summed E-state index contributed by atoms with van der Waals surface area (Å²) in [7, 11) is 0. The quantitative estimate of drug-likeness (QED) is 0.926. The zero-order valence-corrected chi connectivity index (χ0v) is 11.1. The van der Waals surface area contributed by atoms with Gasteiger partial charge in [-0.25, -0.2) is 4.79 Å². The second kappa shape index (κ2) is 5.42. The van der Waals surface area contributed by atoms with Crippen LogP contribution in [0, 0.1) is 6.92 Å². The molecule has 0 aliphatic carbocycles. The molecule has 0 fully saturated rings. The average molecular weight is 280 g/mol. The molecule has 0 radical (unpaired) electrons. The highest BCUT2D eigenvalue weighted by Crippen LogP contribution is 2.35. The molecule has 18 heavy (non-hydrogen) atoms. The van der Waals surface area contributed by atoms with Gasteiger partial charge in [-0.05, 0) is 25.1 Å². The minimum Gasteiger partial charge on any atom is -0.478 e. The number of carboxylic acids is 1. The summed E-state index contributed by atoms with van der Waals surface area (Å²) < 4.78 is 0. The van der Waals surface area contributed by atoms with E-state index in [2.05, 4.69) is 4.98 Å². The van der Waals surface area contributed by atoms with Crippen LogP contribution in [0.1, 0.15) is 16.1 Å². The van der Waals surface area contributed by atoms with Crippen LogP contribution in [0.3, 0.4) is 0 Å². The number of carbonyl (C=O) groups is 1. The molecule has 2 aromatic rings. The van der Waals surface area contributed by atoms with Gasteiger partial charge in [-0.1, -0.05) is 35.5 Å². The molecular weight excluding hydrogens is 270 g/mol. The largest absolute Gasteiger partial charge is 0.478 e. The smallest absolute Gasteiger partial charge is 0.338 e. The predicted octanol–water partition coefficient (Wildman–Crippen LogP) is 3.89. The molecule has 0 bridgehead atoms. The Morgan fingerprint density at radius 2 is 2.06 bits per heavy atom. The van der Waals surface area contributed by atoms with Crippen LogP contribution in [0.5, 0.6) is 0 Å². The number of hydrogen-bond donors (Lipinski definition) is 1. The Morgan fingerprint density at radius 1 is 1.33 bits per heavy atom. The first-order chi connectivity index (χ1) is 8.58. The summed E-state index contributed by atoms with van der Waals surface area (Å²) in [6.07, 6.45) is 1.37. The zero-order valence-electron chi connectivity index (χ0n) is 9.55.